The van der Waals surface area contributed by atoms with E-state index in [4.69, 9.17) is 4.74 Å². The van der Waals surface area contributed by atoms with Crippen molar-refractivity contribution in [1.82, 2.24) is 9.66 Å². The first-order valence-electron chi connectivity index (χ1n) is 8.68. The highest BCUT2D eigenvalue weighted by molar-refractivity contribution is 7.18. The van der Waals surface area contributed by atoms with Crippen molar-refractivity contribution in [2.75, 3.05) is 12.0 Å². The van der Waals surface area contributed by atoms with Gasteiger partial charge in [-0.25, -0.2) is 9.66 Å². The lowest BCUT2D eigenvalue weighted by atomic mass is 10.1. The summed E-state index contributed by atoms with van der Waals surface area (Å²) in [4.78, 5) is 30.6. The summed E-state index contributed by atoms with van der Waals surface area (Å²) in [5.74, 6) is 0.270. The molecule has 0 radical (unpaired) electrons. The van der Waals surface area contributed by atoms with Crippen LogP contribution in [-0.2, 0) is 24.1 Å². The Kier molecular flexibility index (Phi) is 4.46. The molecule has 0 spiro atoms. The van der Waals surface area contributed by atoms with Crippen LogP contribution in [0.2, 0.25) is 0 Å². The zero-order valence-corrected chi connectivity index (χ0v) is 15.3. The molecule has 3 aromatic rings. The molecule has 0 aliphatic heterocycles. The Bertz CT molecular complexity index is 1040. The maximum atomic E-state index is 12.5. The van der Waals surface area contributed by atoms with Crippen LogP contribution in [0.5, 0.6) is 5.75 Å². The van der Waals surface area contributed by atoms with Crippen LogP contribution in [0.3, 0.4) is 0 Å². The average Bonchev–Trinajstić information content (AvgIpc) is 3.28. The van der Waals surface area contributed by atoms with Crippen LogP contribution < -0.4 is 15.7 Å². The predicted octanol–water partition coefficient (Wildman–Crippen LogP) is 2.66. The Morgan fingerprint density at radius 1 is 1.31 bits per heavy atom. The molecule has 1 amide bonds. The molecular weight excluding hydrogens is 350 g/mol. The van der Waals surface area contributed by atoms with E-state index in [2.05, 4.69) is 16.5 Å². The van der Waals surface area contributed by atoms with Crippen molar-refractivity contribution >= 4 is 27.5 Å². The van der Waals surface area contributed by atoms with E-state index >= 15 is 0 Å². The van der Waals surface area contributed by atoms with E-state index in [0.717, 1.165) is 28.8 Å². The number of ether oxygens (including phenoxy) is 1. The van der Waals surface area contributed by atoms with Crippen molar-refractivity contribution < 1.29 is 9.53 Å². The molecule has 1 aromatic carbocycles. The Hall–Kier alpha value is -2.67. The molecule has 2 heterocycles. The van der Waals surface area contributed by atoms with Crippen molar-refractivity contribution in [3.8, 4) is 5.75 Å². The van der Waals surface area contributed by atoms with Gasteiger partial charge in [0.05, 0.1) is 5.39 Å². The minimum Gasteiger partial charge on any atom is -0.484 e. The summed E-state index contributed by atoms with van der Waals surface area (Å²) in [5, 5.41) is 0.522. The number of hydrogen-bond donors (Lipinski definition) is 1. The molecule has 0 saturated carbocycles. The quantitative estimate of drug-likeness (QED) is 0.750. The Labute approximate surface area is 154 Å². The highest BCUT2D eigenvalue weighted by Crippen LogP contribution is 2.26. The third-order valence-electron chi connectivity index (χ3n) is 4.54. The van der Waals surface area contributed by atoms with E-state index in [9.17, 15) is 9.59 Å². The van der Waals surface area contributed by atoms with Crippen molar-refractivity contribution in [1.29, 1.82) is 0 Å². The second kappa shape index (κ2) is 6.92. The first kappa shape index (κ1) is 16.8. The number of carbonyl (C=O) groups excluding carboxylic acids is 1. The molecular formula is C19H19N3O3S. The lowest BCUT2D eigenvalue weighted by molar-refractivity contribution is -0.119. The van der Waals surface area contributed by atoms with Crippen LogP contribution in [0.25, 0.3) is 10.2 Å². The minimum atomic E-state index is -0.403. The van der Waals surface area contributed by atoms with E-state index in [-0.39, 0.29) is 12.2 Å². The number of benzene rings is 1. The van der Waals surface area contributed by atoms with Gasteiger partial charge in [-0.2, -0.15) is 0 Å². The number of fused-ring (bicyclic) bond motifs is 2. The lowest BCUT2D eigenvalue weighted by Crippen LogP contribution is -2.35. The van der Waals surface area contributed by atoms with Crippen LogP contribution in [0, 0.1) is 0 Å². The highest BCUT2D eigenvalue weighted by Gasteiger charge is 2.13. The maximum absolute atomic E-state index is 12.5. The molecule has 0 saturated heterocycles. The predicted molar refractivity (Wildman–Crippen MR) is 102 cm³/mol. The van der Waals surface area contributed by atoms with E-state index in [1.54, 1.807) is 0 Å². The largest absolute Gasteiger partial charge is 0.484 e. The molecule has 0 unspecified atom stereocenters. The molecule has 7 heteroatoms. The monoisotopic (exact) mass is 369 g/mol. The normalized spacial score (nSPS) is 13.0. The number of carbonyl (C=O) groups is 1. The lowest BCUT2D eigenvalue weighted by Gasteiger charge is -2.10. The van der Waals surface area contributed by atoms with Gasteiger partial charge in [0.25, 0.3) is 11.5 Å². The Morgan fingerprint density at radius 2 is 2.15 bits per heavy atom. The van der Waals surface area contributed by atoms with Crippen molar-refractivity contribution in [3.63, 3.8) is 0 Å². The van der Waals surface area contributed by atoms with Crippen molar-refractivity contribution in [3.05, 3.63) is 57.0 Å². The number of amides is 1. The van der Waals surface area contributed by atoms with Gasteiger partial charge in [-0.05, 0) is 55.0 Å². The van der Waals surface area contributed by atoms with Gasteiger partial charge in [-0.15, -0.1) is 11.3 Å². The maximum Gasteiger partial charge on any atom is 0.280 e. The number of thiophene rings is 1. The standard InChI is InChI=1S/C19H19N3O3S/c1-2-15-9-16-18(26-15)20-11-22(19(16)24)21-17(23)10-25-14-7-6-12-4-3-5-13(12)8-14/h6-9,11H,2-5,10H2,1H3,(H,21,23). The van der Waals surface area contributed by atoms with Gasteiger partial charge < -0.3 is 4.74 Å². The Balaban J connectivity index is 1.44. The van der Waals surface area contributed by atoms with Gasteiger partial charge in [-0.1, -0.05) is 13.0 Å². The van der Waals surface area contributed by atoms with E-state index < -0.39 is 5.91 Å². The summed E-state index contributed by atoms with van der Waals surface area (Å²) in [6.07, 6.45) is 5.52. The fourth-order valence-electron chi connectivity index (χ4n) is 3.18. The van der Waals surface area contributed by atoms with Crippen molar-refractivity contribution in [2.45, 2.75) is 32.6 Å². The first-order valence-corrected chi connectivity index (χ1v) is 9.50. The van der Waals surface area contributed by atoms with E-state index in [0.29, 0.717) is 16.0 Å². The molecule has 134 valence electrons. The number of nitrogens with zero attached hydrogens (tertiary/aromatic N) is 2. The zero-order valence-electron chi connectivity index (χ0n) is 14.4. The number of aromatic nitrogens is 2. The molecule has 1 aliphatic rings. The highest BCUT2D eigenvalue weighted by atomic mass is 32.1. The number of rotatable bonds is 5. The van der Waals surface area contributed by atoms with E-state index in [1.165, 1.54) is 35.2 Å². The van der Waals surface area contributed by atoms with Gasteiger partial charge in [0.15, 0.2) is 6.61 Å². The van der Waals surface area contributed by atoms with Crippen molar-refractivity contribution in [2.24, 2.45) is 0 Å². The zero-order chi connectivity index (χ0) is 18.1. The molecule has 0 bridgehead atoms. The van der Waals surface area contributed by atoms with E-state index in [1.807, 2.05) is 25.1 Å². The minimum absolute atomic E-state index is 0.160. The third kappa shape index (κ3) is 3.22. The van der Waals surface area contributed by atoms with Gasteiger partial charge in [0.2, 0.25) is 0 Å². The SMILES string of the molecule is CCc1cc2c(=O)n(NC(=O)COc3ccc4c(c3)CCC4)cnc2s1. The van der Waals surface area contributed by atoms with Crippen LogP contribution >= 0.6 is 11.3 Å². The van der Waals surface area contributed by atoms with Gasteiger partial charge in [0, 0.05) is 4.88 Å². The second-order valence-corrected chi connectivity index (χ2v) is 7.43. The summed E-state index contributed by atoms with van der Waals surface area (Å²) < 4.78 is 6.68. The van der Waals surface area contributed by atoms with Crippen LogP contribution in [0.15, 0.2) is 35.4 Å². The summed E-state index contributed by atoms with van der Waals surface area (Å²) in [7, 11) is 0. The number of hydrogen-bond acceptors (Lipinski definition) is 5. The molecule has 1 N–H and O–H groups in total. The first-order chi connectivity index (χ1) is 12.6. The molecule has 1 aliphatic carbocycles. The summed E-state index contributed by atoms with van der Waals surface area (Å²) in [5.41, 5.74) is 4.90. The topological polar surface area (TPSA) is 73.2 Å². The van der Waals surface area contributed by atoms with Crippen LogP contribution in [-0.4, -0.2) is 22.2 Å². The third-order valence-corrected chi connectivity index (χ3v) is 5.72. The van der Waals surface area contributed by atoms with Crippen LogP contribution in [0.4, 0.5) is 0 Å². The fourth-order valence-corrected chi connectivity index (χ4v) is 4.11. The summed E-state index contributed by atoms with van der Waals surface area (Å²) in [6, 6.07) is 7.76. The smallest absolute Gasteiger partial charge is 0.280 e. The van der Waals surface area contributed by atoms with Gasteiger partial charge in [0.1, 0.15) is 16.9 Å². The molecule has 26 heavy (non-hydrogen) atoms. The molecule has 0 fully saturated rings. The number of aryl methyl sites for hydroxylation is 3. The summed E-state index contributed by atoms with van der Waals surface area (Å²) >= 11 is 1.49. The average molecular weight is 369 g/mol. The molecule has 0 atom stereocenters. The molecule has 4 rings (SSSR count). The van der Waals surface area contributed by atoms with Gasteiger partial charge >= 0.3 is 0 Å². The van der Waals surface area contributed by atoms with Crippen LogP contribution in [0.1, 0.15) is 29.3 Å². The summed E-state index contributed by atoms with van der Waals surface area (Å²) in [6.45, 7) is 1.87. The fraction of sp³-hybridized carbons (Fsp3) is 0.316. The van der Waals surface area contributed by atoms with Gasteiger partial charge in [-0.3, -0.25) is 15.0 Å². The second-order valence-electron chi connectivity index (χ2n) is 6.31. The number of nitrogens with one attached hydrogen (secondary N) is 1. The Morgan fingerprint density at radius 3 is 3.00 bits per heavy atom. The molecule has 2 aromatic heterocycles. The molecule has 6 nitrogen and oxygen atoms in total.